The molecule has 1 aromatic carbocycles. The van der Waals surface area contributed by atoms with Crippen molar-refractivity contribution in [1.29, 1.82) is 0 Å². The number of amides is 2. The second-order valence-electron chi connectivity index (χ2n) is 7.93. The van der Waals surface area contributed by atoms with Crippen molar-refractivity contribution in [3.8, 4) is 0 Å². The Morgan fingerprint density at radius 2 is 1.83 bits per heavy atom. The molecule has 2 rings (SSSR count). The van der Waals surface area contributed by atoms with Gasteiger partial charge in [0, 0.05) is 6.42 Å². The second kappa shape index (κ2) is 8.50. The fraction of sp³-hybridized carbons (Fsp3) is 0.500. The van der Waals surface area contributed by atoms with Gasteiger partial charge in [0.15, 0.2) is 0 Å². The molecule has 1 saturated carbocycles. The van der Waals surface area contributed by atoms with Gasteiger partial charge in [-0.2, -0.15) is 0 Å². The number of benzene rings is 1. The van der Waals surface area contributed by atoms with Crippen molar-refractivity contribution in [2.24, 2.45) is 5.92 Å². The molecule has 1 aliphatic carbocycles. The van der Waals surface area contributed by atoms with Crippen molar-refractivity contribution in [2.75, 3.05) is 7.11 Å². The van der Waals surface area contributed by atoms with E-state index in [9.17, 15) is 24.3 Å². The number of aliphatic carboxylic acids is 1. The minimum atomic E-state index is -1.68. The van der Waals surface area contributed by atoms with Gasteiger partial charge in [-0.3, -0.25) is 9.59 Å². The molecule has 29 heavy (non-hydrogen) atoms. The molecule has 0 radical (unpaired) electrons. The molecule has 158 valence electrons. The highest BCUT2D eigenvalue weighted by Gasteiger charge is 2.66. The van der Waals surface area contributed by atoms with Crippen molar-refractivity contribution in [3.63, 3.8) is 0 Å². The molecule has 0 aliphatic heterocycles. The number of methoxy groups -OCH3 is 1. The number of hydrogen-bond donors (Lipinski definition) is 3. The summed E-state index contributed by atoms with van der Waals surface area (Å²) in [5.74, 6) is -3.80. The Balaban J connectivity index is 2.18. The molecule has 0 unspecified atom stereocenters. The van der Waals surface area contributed by atoms with Crippen LogP contribution >= 0.6 is 0 Å². The van der Waals surface area contributed by atoms with Crippen LogP contribution < -0.4 is 10.6 Å². The number of alkyl carbamates (subject to hydrolysis) is 1. The highest BCUT2D eigenvalue weighted by atomic mass is 16.6. The van der Waals surface area contributed by atoms with Gasteiger partial charge in [0.2, 0.25) is 5.91 Å². The van der Waals surface area contributed by atoms with E-state index in [1.807, 2.05) is 6.07 Å². The first-order valence-corrected chi connectivity index (χ1v) is 9.15. The Morgan fingerprint density at radius 3 is 2.31 bits per heavy atom. The quantitative estimate of drug-likeness (QED) is 0.581. The molecule has 3 atom stereocenters. The lowest BCUT2D eigenvalue weighted by Crippen LogP contribution is -2.56. The molecule has 0 aromatic heterocycles. The Hall–Kier alpha value is -3.10. The van der Waals surface area contributed by atoms with Crippen LogP contribution in [0.3, 0.4) is 0 Å². The predicted molar refractivity (Wildman–Crippen MR) is 102 cm³/mol. The predicted octanol–water partition coefficient (Wildman–Crippen LogP) is 1.25. The number of nitrogens with one attached hydrogen (secondary N) is 2. The Labute approximate surface area is 168 Å². The van der Waals surface area contributed by atoms with Gasteiger partial charge in [0.1, 0.15) is 17.2 Å². The summed E-state index contributed by atoms with van der Waals surface area (Å²) in [6.45, 7) is 4.94. The molecular formula is C20H26N2O7. The topological polar surface area (TPSA) is 131 Å². The average molecular weight is 406 g/mol. The first kappa shape index (κ1) is 22.2. The van der Waals surface area contributed by atoms with Gasteiger partial charge < -0.3 is 25.2 Å². The molecule has 1 fully saturated rings. The molecule has 1 aliphatic rings. The van der Waals surface area contributed by atoms with E-state index in [-0.39, 0.29) is 12.8 Å². The Morgan fingerprint density at radius 1 is 1.21 bits per heavy atom. The Kier molecular flexibility index (Phi) is 6.51. The van der Waals surface area contributed by atoms with Crippen molar-refractivity contribution >= 4 is 23.9 Å². The molecule has 9 nitrogen and oxygen atoms in total. The first-order chi connectivity index (χ1) is 13.5. The van der Waals surface area contributed by atoms with E-state index in [4.69, 9.17) is 9.47 Å². The van der Waals surface area contributed by atoms with E-state index in [1.54, 1.807) is 45.0 Å². The van der Waals surface area contributed by atoms with E-state index in [1.165, 1.54) is 7.11 Å². The third-order valence-corrected chi connectivity index (χ3v) is 4.46. The lowest BCUT2D eigenvalue weighted by Gasteiger charge is -2.25. The summed E-state index contributed by atoms with van der Waals surface area (Å²) in [5, 5.41) is 14.2. The van der Waals surface area contributed by atoms with Gasteiger partial charge in [0.25, 0.3) is 0 Å². The van der Waals surface area contributed by atoms with Crippen LogP contribution in [0.15, 0.2) is 30.3 Å². The summed E-state index contributed by atoms with van der Waals surface area (Å²) < 4.78 is 9.90. The molecule has 1 aromatic rings. The third-order valence-electron chi connectivity index (χ3n) is 4.46. The van der Waals surface area contributed by atoms with Crippen molar-refractivity contribution in [2.45, 2.75) is 50.8 Å². The Bertz CT molecular complexity index is 788. The molecule has 0 saturated heterocycles. The maximum Gasteiger partial charge on any atom is 0.408 e. The summed E-state index contributed by atoms with van der Waals surface area (Å²) in [6.07, 6.45) is -0.860. The number of rotatable bonds is 7. The number of ether oxygens (including phenoxy) is 2. The molecule has 2 amide bonds. The van der Waals surface area contributed by atoms with Gasteiger partial charge in [0.05, 0.1) is 13.0 Å². The van der Waals surface area contributed by atoms with Crippen LogP contribution in [0.1, 0.15) is 32.8 Å². The van der Waals surface area contributed by atoms with Crippen molar-refractivity contribution < 1.29 is 33.8 Å². The second-order valence-corrected chi connectivity index (χ2v) is 7.93. The minimum absolute atomic E-state index is 0.105. The summed E-state index contributed by atoms with van der Waals surface area (Å²) in [5.41, 5.74) is -1.73. The molecule has 0 heterocycles. The maximum atomic E-state index is 12.9. The van der Waals surface area contributed by atoms with E-state index in [0.717, 1.165) is 5.56 Å². The van der Waals surface area contributed by atoms with Gasteiger partial charge in [-0.05, 0) is 32.8 Å². The zero-order valence-corrected chi connectivity index (χ0v) is 16.9. The fourth-order valence-corrected chi connectivity index (χ4v) is 2.97. The zero-order chi connectivity index (χ0) is 21.8. The minimum Gasteiger partial charge on any atom is -0.481 e. The average Bonchev–Trinajstić information content (AvgIpc) is 3.35. The number of carboxylic acid groups (broad SMARTS) is 1. The monoisotopic (exact) mass is 406 g/mol. The first-order valence-electron chi connectivity index (χ1n) is 9.15. The largest absolute Gasteiger partial charge is 0.481 e. The number of carboxylic acids is 1. The van der Waals surface area contributed by atoms with Gasteiger partial charge in [-0.25, -0.2) is 9.59 Å². The van der Waals surface area contributed by atoms with Crippen LogP contribution in [-0.4, -0.2) is 53.3 Å². The summed E-state index contributed by atoms with van der Waals surface area (Å²) in [6, 6.07) is 7.93. The smallest absolute Gasteiger partial charge is 0.408 e. The van der Waals surface area contributed by atoms with Gasteiger partial charge in [-0.15, -0.1) is 0 Å². The van der Waals surface area contributed by atoms with Gasteiger partial charge >= 0.3 is 18.0 Å². The van der Waals surface area contributed by atoms with E-state index in [2.05, 4.69) is 10.6 Å². The van der Waals surface area contributed by atoms with Crippen molar-refractivity contribution in [3.05, 3.63) is 35.9 Å². The molecule has 0 bridgehead atoms. The number of esters is 1. The summed E-state index contributed by atoms with van der Waals surface area (Å²) >= 11 is 0. The molecule has 9 heteroatoms. The molecule has 3 N–H and O–H groups in total. The number of carbonyl (C=O) groups is 4. The highest BCUT2D eigenvalue weighted by molar-refractivity contribution is 6.01. The van der Waals surface area contributed by atoms with Crippen LogP contribution in [0.4, 0.5) is 4.79 Å². The van der Waals surface area contributed by atoms with E-state index < -0.39 is 47.0 Å². The van der Waals surface area contributed by atoms with Crippen LogP contribution in [0.25, 0.3) is 0 Å². The van der Waals surface area contributed by atoms with Crippen LogP contribution in [0, 0.1) is 5.92 Å². The van der Waals surface area contributed by atoms with E-state index in [0.29, 0.717) is 0 Å². The standard InChI is InChI=1S/C20H26N2O7/c1-19(2,3)29-18(27)22-20(11-13(20)15(23)24)17(26)21-14(16(25)28-4)10-12-8-6-5-7-9-12/h5-9,13-14H,10-11H2,1-4H3,(H,21,26)(H,22,27)(H,23,24)/t13-,14-,20-/m0/s1. The number of hydrogen-bond acceptors (Lipinski definition) is 6. The fourth-order valence-electron chi connectivity index (χ4n) is 2.97. The summed E-state index contributed by atoms with van der Waals surface area (Å²) in [7, 11) is 1.19. The highest BCUT2D eigenvalue weighted by Crippen LogP contribution is 2.44. The lowest BCUT2D eigenvalue weighted by atomic mass is 10.0. The lowest BCUT2D eigenvalue weighted by molar-refractivity contribution is -0.145. The zero-order valence-electron chi connectivity index (χ0n) is 16.9. The van der Waals surface area contributed by atoms with Gasteiger partial charge in [-0.1, -0.05) is 30.3 Å². The van der Waals surface area contributed by atoms with Crippen molar-refractivity contribution in [1.82, 2.24) is 10.6 Å². The number of carbonyl (C=O) groups excluding carboxylic acids is 3. The van der Waals surface area contributed by atoms with Crippen LogP contribution in [0.5, 0.6) is 0 Å². The SMILES string of the molecule is COC(=O)[C@H](Cc1ccccc1)NC(=O)[C@]1(NC(=O)OC(C)(C)C)C[C@H]1C(=O)O. The molecule has 0 spiro atoms. The third kappa shape index (κ3) is 5.69. The summed E-state index contributed by atoms with van der Waals surface area (Å²) in [4.78, 5) is 48.7. The molecular weight excluding hydrogens is 380 g/mol. The van der Waals surface area contributed by atoms with Crippen LogP contribution in [-0.2, 0) is 30.3 Å². The normalized spacial score (nSPS) is 21.4. The van der Waals surface area contributed by atoms with Crippen LogP contribution in [0.2, 0.25) is 0 Å². The van der Waals surface area contributed by atoms with E-state index >= 15 is 0 Å². The maximum absolute atomic E-state index is 12.9.